The van der Waals surface area contributed by atoms with E-state index in [1.54, 1.807) is 0 Å². The van der Waals surface area contributed by atoms with Crippen LogP contribution >= 0.6 is 0 Å². The molecule has 0 saturated carbocycles. The van der Waals surface area contributed by atoms with Crippen molar-refractivity contribution in [3.8, 4) is 0 Å². The molecule has 8 heteroatoms. The van der Waals surface area contributed by atoms with Crippen molar-refractivity contribution < 1.29 is 17.7 Å². The Morgan fingerprint density at radius 1 is 0.514 bits per heavy atom. The van der Waals surface area contributed by atoms with Crippen LogP contribution in [0.1, 0.15) is 83.1 Å². The molecule has 0 heterocycles. The fourth-order valence-corrected chi connectivity index (χ4v) is 20.5. The maximum atomic E-state index is 6.23. The van der Waals surface area contributed by atoms with E-state index in [2.05, 4.69) is 101 Å². The third-order valence-corrected chi connectivity index (χ3v) is 21.1. The van der Waals surface area contributed by atoms with E-state index in [0.29, 0.717) is 28.5 Å². The molecule has 0 aromatic carbocycles. The summed E-state index contributed by atoms with van der Waals surface area (Å²) in [6.07, 6.45) is 0. The van der Waals surface area contributed by atoms with E-state index in [4.69, 9.17) is 17.7 Å². The second-order valence-corrected chi connectivity index (χ2v) is 24.3. The predicted molar refractivity (Wildman–Crippen MR) is 160 cm³/mol. The van der Waals surface area contributed by atoms with Gasteiger partial charge in [-0.3, -0.25) is 0 Å². The number of hydrogen-bond donors (Lipinski definition) is 0. The van der Waals surface area contributed by atoms with Crippen LogP contribution in [-0.2, 0) is 17.7 Å². The van der Waals surface area contributed by atoms with E-state index in [9.17, 15) is 0 Å². The topological polar surface area (TPSA) is 40.2 Å². The van der Waals surface area contributed by atoms with Gasteiger partial charge in [0.05, 0.1) is 0 Å². The van der Waals surface area contributed by atoms with Gasteiger partial charge in [0.1, 0.15) is 8.24 Å². The van der Waals surface area contributed by atoms with Crippen LogP contribution < -0.4 is 0 Å². The first-order chi connectivity index (χ1) is 16.2. The summed E-state index contributed by atoms with van der Waals surface area (Å²) in [5, 5.41) is 0. The molecule has 35 heavy (non-hydrogen) atoms. The predicted octanol–water partition coefficient (Wildman–Crippen LogP) is 8.03. The normalized spacial score (nSPS) is 15.6. The Morgan fingerprint density at radius 3 is 0.971 bits per heavy atom. The van der Waals surface area contributed by atoms with Crippen LogP contribution in [0, 0.1) is 11.8 Å². The Hall–Kier alpha value is 0.451. The molecule has 5 nitrogen and oxygen atoms in total. The zero-order chi connectivity index (χ0) is 27.4. The molecule has 0 fully saturated rings. The zero-order valence-corrected chi connectivity index (χ0v) is 29.1. The van der Waals surface area contributed by atoms with Crippen molar-refractivity contribution in [2.75, 3.05) is 39.5 Å². The van der Waals surface area contributed by atoms with Gasteiger partial charge in [-0.1, -0.05) is 55.4 Å². The second-order valence-electron chi connectivity index (χ2n) is 11.9. The summed E-state index contributed by atoms with van der Waals surface area (Å²) >= 11 is 0. The maximum absolute atomic E-state index is 6.23. The standard InChI is InChI=1S/C27H63NO4Si3/c1-15-29-33(13,30-16-2)21-26(11)19-28(35(23(5)6,24(7)8)25(9)10)20-27(12)22-34(14,31-17-3)32-18-4/h23-27H,15-22H2,1-14H3. The highest BCUT2D eigenvalue weighted by molar-refractivity contribution is 6.81. The third-order valence-electron chi connectivity index (χ3n) is 7.62. The molecule has 0 aliphatic carbocycles. The molecular weight excluding hydrogens is 487 g/mol. The van der Waals surface area contributed by atoms with Crippen molar-refractivity contribution in [1.29, 1.82) is 0 Å². The summed E-state index contributed by atoms with van der Waals surface area (Å²) in [7, 11) is -6.13. The lowest BCUT2D eigenvalue weighted by Crippen LogP contribution is -2.62. The van der Waals surface area contributed by atoms with Gasteiger partial charge < -0.3 is 22.3 Å². The highest BCUT2D eigenvalue weighted by Gasteiger charge is 2.49. The molecule has 0 amide bonds. The maximum Gasteiger partial charge on any atom is 0.335 e. The van der Waals surface area contributed by atoms with E-state index in [1.807, 2.05) is 0 Å². The largest absolute Gasteiger partial charge is 0.395 e. The molecule has 0 radical (unpaired) electrons. The number of hydrogen-bond acceptors (Lipinski definition) is 5. The molecule has 2 atom stereocenters. The van der Waals surface area contributed by atoms with E-state index >= 15 is 0 Å². The summed E-state index contributed by atoms with van der Waals surface area (Å²) in [5.74, 6) is 1.06. The quantitative estimate of drug-likeness (QED) is 0.144. The molecule has 0 saturated heterocycles. The van der Waals surface area contributed by atoms with Gasteiger partial charge >= 0.3 is 17.1 Å². The number of nitrogens with zero attached hydrogens (tertiary/aromatic N) is 1. The van der Waals surface area contributed by atoms with Crippen molar-refractivity contribution in [3.63, 3.8) is 0 Å². The zero-order valence-electron chi connectivity index (χ0n) is 26.1. The van der Waals surface area contributed by atoms with Crippen LogP contribution in [-0.4, -0.2) is 69.4 Å². The lowest BCUT2D eigenvalue weighted by Gasteiger charge is -2.53. The van der Waals surface area contributed by atoms with Gasteiger partial charge in [-0.15, -0.1) is 0 Å². The van der Waals surface area contributed by atoms with Gasteiger partial charge in [0.15, 0.2) is 0 Å². The lowest BCUT2D eigenvalue weighted by molar-refractivity contribution is 0.177. The highest BCUT2D eigenvalue weighted by atomic mass is 28.4. The summed E-state index contributed by atoms with van der Waals surface area (Å²) < 4.78 is 27.9. The molecule has 0 rings (SSSR count). The fourth-order valence-electron chi connectivity index (χ4n) is 7.17. The molecule has 0 aromatic heterocycles. The first kappa shape index (κ1) is 35.5. The summed E-state index contributed by atoms with van der Waals surface area (Å²) in [6, 6.07) is 2.09. The fraction of sp³-hybridized carbons (Fsp3) is 1.00. The molecule has 0 aliphatic heterocycles. The molecule has 0 aromatic rings. The molecule has 0 bridgehead atoms. The van der Waals surface area contributed by atoms with E-state index in [0.717, 1.165) is 51.6 Å². The van der Waals surface area contributed by atoms with Crippen molar-refractivity contribution >= 4 is 25.4 Å². The second kappa shape index (κ2) is 16.4. The van der Waals surface area contributed by atoms with Gasteiger partial charge in [-0.05, 0) is 94.4 Å². The minimum absolute atomic E-state index is 0.530. The first-order valence-corrected chi connectivity index (χ1v) is 21.7. The summed E-state index contributed by atoms with van der Waals surface area (Å²) in [6.45, 7) is 37.8. The Morgan fingerprint density at radius 2 is 0.771 bits per heavy atom. The average Bonchev–Trinajstić information content (AvgIpc) is 2.67. The van der Waals surface area contributed by atoms with Crippen LogP contribution in [0.2, 0.25) is 41.8 Å². The average molecular weight is 550 g/mol. The van der Waals surface area contributed by atoms with E-state index in [-0.39, 0.29) is 0 Å². The third kappa shape index (κ3) is 10.6. The Balaban J connectivity index is 6.11. The van der Waals surface area contributed by atoms with Gasteiger partial charge in [0, 0.05) is 26.4 Å². The minimum Gasteiger partial charge on any atom is -0.395 e. The molecule has 0 spiro atoms. The smallest absolute Gasteiger partial charge is 0.335 e. The molecule has 2 unspecified atom stereocenters. The van der Waals surface area contributed by atoms with Crippen molar-refractivity contribution in [2.24, 2.45) is 11.8 Å². The van der Waals surface area contributed by atoms with Crippen LogP contribution in [0.4, 0.5) is 0 Å². The molecule has 0 aliphatic rings. The van der Waals surface area contributed by atoms with E-state index < -0.39 is 25.4 Å². The van der Waals surface area contributed by atoms with Crippen molar-refractivity contribution in [1.82, 2.24) is 4.57 Å². The van der Waals surface area contributed by atoms with Gasteiger partial charge in [-0.2, -0.15) is 0 Å². The number of rotatable bonds is 20. The minimum atomic E-state index is -2.16. The van der Waals surface area contributed by atoms with Crippen LogP contribution in [0.25, 0.3) is 0 Å². The summed E-state index contributed by atoms with van der Waals surface area (Å²) in [5.41, 5.74) is 2.06. The monoisotopic (exact) mass is 549 g/mol. The van der Waals surface area contributed by atoms with Gasteiger partial charge in [-0.25, -0.2) is 0 Å². The summed E-state index contributed by atoms with van der Waals surface area (Å²) in [4.78, 5) is 0. The lowest BCUT2D eigenvalue weighted by atomic mass is 10.2. The van der Waals surface area contributed by atoms with Crippen molar-refractivity contribution in [2.45, 2.75) is 125 Å². The van der Waals surface area contributed by atoms with Gasteiger partial charge in [0.25, 0.3) is 0 Å². The Bertz CT molecular complexity index is 497. The highest BCUT2D eigenvalue weighted by Crippen LogP contribution is 2.45. The van der Waals surface area contributed by atoms with Crippen LogP contribution in [0.3, 0.4) is 0 Å². The Labute approximate surface area is 223 Å². The first-order valence-electron chi connectivity index (χ1n) is 14.5. The molecular formula is C27H63NO4Si3. The van der Waals surface area contributed by atoms with Crippen LogP contribution in [0.5, 0.6) is 0 Å². The van der Waals surface area contributed by atoms with Crippen molar-refractivity contribution in [3.05, 3.63) is 0 Å². The van der Waals surface area contributed by atoms with Crippen LogP contribution in [0.15, 0.2) is 0 Å². The molecule has 212 valence electrons. The Kier molecular flexibility index (Phi) is 16.6. The van der Waals surface area contributed by atoms with Gasteiger partial charge in [0.2, 0.25) is 0 Å². The van der Waals surface area contributed by atoms with E-state index in [1.165, 1.54) is 0 Å². The SMILES string of the molecule is CCO[Si](C)(CC(C)CN(CC(C)C[Si](C)(OCC)OCC)[Si](C(C)C)(C(C)C)C(C)C)OCC. The molecule has 0 N–H and O–H groups in total.